The van der Waals surface area contributed by atoms with Crippen LogP contribution in [0.25, 0.3) is 10.2 Å². The monoisotopic (exact) mass is 499 g/mol. The zero-order valence-corrected chi connectivity index (χ0v) is 20.8. The molecule has 1 unspecified atom stereocenters. The van der Waals surface area contributed by atoms with Gasteiger partial charge in [-0.15, -0.1) is 0 Å². The molecule has 9 heteroatoms. The van der Waals surface area contributed by atoms with Crippen LogP contribution >= 0.6 is 11.3 Å². The molecule has 34 heavy (non-hydrogen) atoms. The minimum atomic E-state index is -3.68. The molecule has 3 aromatic rings. The molecule has 1 saturated heterocycles. The number of benzene rings is 2. The summed E-state index contributed by atoms with van der Waals surface area (Å²) in [5.41, 5.74) is 3.27. The third-order valence-corrected chi connectivity index (χ3v) is 9.94. The van der Waals surface area contributed by atoms with Gasteiger partial charge in [-0.3, -0.25) is 14.2 Å². The predicted molar refractivity (Wildman–Crippen MR) is 134 cm³/mol. The van der Waals surface area contributed by atoms with Crippen LogP contribution in [-0.2, 0) is 27.8 Å². The Labute approximate surface area is 203 Å². The summed E-state index contributed by atoms with van der Waals surface area (Å²) in [7, 11) is -3.68. The summed E-state index contributed by atoms with van der Waals surface area (Å²) in [5.74, 6) is -0.169. The first-order chi connectivity index (χ1) is 16.4. The molecule has 2 aromatic carbocycles. The van der Waals surface area contributed by atoms with Crippen molar-refractivity contribution >= 4 is 37.5 Å². The third kappa shape index (κ3) is 4.21. The highest BCUT2D eigenvalue weighted by atomic mass is 32.2. The van der Waals surface area contributed by atoms with Crippen molar-refractivity contribution in [2.45, 2.75) is 56.5 Å². The van der Waals surface area contributed by atoms with Gasteiger partial charge < -0.3 is 5.32 Å². The smallest absolute Gasteiger partial charge is 0.308 e. The first-order valence-corrected chi connectivity index (χ1v) is 14.2. The van der Waals surface area contributed by atoms with Gasteiger partial charge in [0.1, 0.15) is 0 Å². The van der Waals surface area contributed by atoms with Crippen LogP contribution in [0.2, 0.25) is 0 Å². The average molecular weight is 500 g/mol. The number of aryl methyl sites for hydroxylation is 2. The molecule has 1 aromatic heterocycles. The number of hydrogen-bond acceptors (Lipinski definition) is 5. The Bertz CT molecular complexity index is 1380. The summed E-state index contributed by atoms with van der Waals surface area (Å²) in [6.07, 6.45) is 4.04. The van der Waals surface area contributed by atoms with Crippen LogP contribution in [0.4, 0.5) is 0 Å². The van der Waals surface area contributed by atoms with E-state index in [1.54, 1.807) is 22.8 Å². The van der Waals surface area contributed by atoms with Crippen molar-refractivity contribution in [1.29, 1.82) is 0 Å². The largest absolute Gasteiger partial charge is 0.349 e. The van der Waals surface area contributed by atoms with E-state index in [1.165, 1.54) is 15.4 Å². The molecule has 7 nitrogen and oxygen atoms in total. The summed E-state index contributed by atoms with van der Waals surface area (Å²) in [6.45, 7) is 3.07. The van der Waals surface area contributed by atoms with Gasteiger partial charge in [0.25, 0.3) is 0 Å². The number of piperidine rings is 1. The normalized spacial score (nSPS) is 19.7. The van der Waals surface area contributed by atoms with Crippen LogP contribution in [0.5, 0.6) is 0 Å². The van der Waals surface area contributed by atoms with Crippen molar-refractivity contribution in [3.63, 3.8) is 0 Å². The molecule has 1 aliphatic carbocycles. The fraction of sp³-hybridized carbons (Fsp3) is 0.440. The fourth-order valence-electron chi connectivity index (χ4n) is 5.21. The van der Waals surface area contributed by atoms with Crippen molar-refractivity contribution in [3.05, 3.63) is 63.3 Å². The number of carbonyl (C=O) groups excluding carboxylic acids is 1. The number of fused-ring (bicyclic) bond motifs is 2. The summed E-state index contributed by atoms with van der Waals surface area (Å²) in [5, 5.41) is 3.23. The second kappa shape index (κ2) is 9.28. The Balaban J connectivity index is 1.25. The summed E-state index contributed by atoms with van der Waals surface area (Å²) < 4.78 is 30.3. The lowest BCUT2D eigenvalue weighted by atomic mass is 9.87. The zero-order chi connectivity index (χ0) is 23.9. The van der Waals surface area contributed by atoms with Crippen LogP contribution < -0.4 is 10.2 Å². The lowest BCUT2D eigenvalue weighted by Crippen LogP contribution is -2.44. The molecule has 1 N–H and O–H groups in total. The molecule has 0 bridgehead atoms. The number of nitrogens with zero attached hydrogens (tertiary/aromatic N) is 2. The highest BCUT2D eigenvalue weighted by Crippen LogP contribution is 2.31. The number of rotatable bonds is 5. The molecule has 2 heterocycles. The maximum absolute atomic E-state index is 13.3. The Morgan fingerprint density at radius 1 is 1.12 bits per heavy atom. The molecule has 2 aliphatic rings. The lowest BCUT2D eigenvalue weighted by molar-refractivity contribution is -0.127. The molecule has 180 valence electrons. The third-order valence-electron chi connectivity index (χ3n) is 7.10. The van der Waals surface area contributed by atoms with Gasteiger partial charge in [-0.25, -0.2) is 8.42 Å². The number of sulfonamides is 1. The van der Waals surface area contributed by atoms with E-state index < -0.39 is 10.0 Å². The lowest BCUT2D eigenvalue weighted by Gasteiger charge is -2.32. The van der Waals surface area contributed by atoms with Crippen molar-refractivity contribution in [2.24, 2.45) is 5.92 Å². The van der Waals surface area contributed by atoms with E-state index in [1.807, 2.05) is 19.1 Å². The van der Waals surface area contributed by atoms with E-state index in [0.29, 0.717) is 37.2 Å². The fourth-order valence-corrected chi connectivity index (χ4v) is 7.77. The number of hydrogen-bond donors (Lipinski definition) is 1. The van der Waals surface area contributed by atoms with Crippen molar-refractivity contribution in [3.8, 4) is 0 Å². The average Bonchev–Trinajstić information content (AvgIpc) is 3.18. The van der Waals surface area contributed by atoms with E-state index >= 15 is 0 Å². The second-order valence-corrected chi connectivity index (χ2v) is 12.0. The molecular formula is C25H29N3O4S2. The Morgan fingerprint density at radius 3 is 2.65 bits per heavy atom. The molecule has 1 atom stereocenters. The molecule has 1 fully saturated rings. The number of aromatic nitrogens is 1. The van der Waals surface area contributed by atoms with Crippen LogP contribution in [0.3, 0.4) is 0 Å². The summed E-state index contributed by atoms with van der Waals surface area (Å²) in [4.78, 5) is 25.2. The molecule has 1 aliphatic heterocycles. The van der Waals surface area contributed by atoms with Gasteiger partial charge in [0.15, 0.2) is 0 Å². The van der Waals surface area contributed by atoms with Gasteiger partial charge in [-0.2, -0.15) is 4.31 Å². The molecule has 0 radical (unpaired) electrons. The Morgan fingerprint density at radius 2 is 1.88 bits per heavy atom. The Kier molecular flexibility index (Phi) is 6.35. The standard InChI is InChI=1S/C25H29N3O4S2/c1-2-28-22-11-10-19(16-23(22)33-25(28)30)34(31,32)27-14-12-18(13-15-27)24(29)26-21-9-5-7-17-6-3-4-8-20(17)21/h3-4,6,8,10-11,16,18,21H,2,5,7,9,12-15H2,1H3,(H,26,29). The minimum absolute atomic E-state index is 0.0193. The maximum Gasteiger partial charge on any atom is 0.308 e. The van der Waals surface area contributed by atoms with Crippen LogP contribution in [0.15, 0.2) is 52.2 Å². The number of amides is 1. The quantitative estimate of drug-likeness (QED) is 0.580. The van der Waals surface area contributed by atoms with E-state index in [-0.39, 0.29) is 27.6 Å². The van der Waals surface area contributed by atoms with Crippen LogP contribution in [0, 0.1) is 5.92 Å². The molecular weight excluding hydrogens is 470 g/mol. The Hall–Kier alpha value is -2.49. The first-order valence-electron chi connectivity index (χ1n) is 11.9. The van der Waals surface area contributed by atoms with E-state index in [9.17, 15) is 18.0 Å². The van der Waals surface area contributed by atoms with E-state index in [4.69, 9.17) is 0 Å². The zero-order valence-electron chi connectivity index (χ0n) is 19.2. The number of carbonyl (C=O) groups is 1. The summed E-state index contributed by atoms with van der Waals surface area (Å²) >= 11 is 1.07. The van der Waals surface area contributed by atoms with Gasteiger partial charge in [-0.05, 0) is 68.4 Å². The minimum Gasteiger partial charge on any atom is -0.349 e. The number of thiazole rings is 1. The van der Waals surface area contributed by atoms with E-state index in [0.717, 1.165) is 36.1 Å². The van der Waals surface area contributed by atoms with Crippen molar-refractivity contribution in [1.82, 2.24) is 14.2 Å². The predicted octanol–water partition coefficient (Wildman–Crippen LogP) is 3.68. The first kappa shape index (κ1) is 23.3. The van der Waals surface area contributed by atoms with Crippen molar-refractivity contribution in [2.75, 3.05) is 13.1 Å². The van der Waals surface area contributed by atoms with E-state index in [2.05, 4.69) is 17.4 Å². The highest BCUT2D eigenvalue weighted by Gasteiger charge is 2.33. The van der Waals surface area contributed by atoms with Gasteiger partial charge in [0.05, 0.1) is 21.2 Å². The molecule has 0 spiro atoms. The van der Waals surface area contributed by atoms with Crippen LogP contribution in [-0.4, -0.2) is 36.3 Å². The van der Waals surface area contributed by atoms with Crippen LogP contribution in [0.1, 0.15) is 49.8 Å². The topological polar surface area (TPSA) is 88.5 Å². The van der Waals surface area contributed by atoms with Gasteiger partial charge in [-0.1, -0.05) is 35.6 Å². The van der Waals surface area contributed by atoms with Crippen molar-refractivity contribution < 1.29 is 13.2 Å². The molecule has 0 saturated carbocycles. The van der Waals surface area contributed by atoms with Gasteiger partial charge >= 0.3 is 4.87 Å². The SMILES string of the molecule is CCn1c(=O)sc2cc(S(=O)(=O)N3CCC(C(=O)NC4CCCc5ccccc54)CC3)ccc21. The second-order valence-electron chi connectivity index (χ2n) is 9.07. The number of nitrogens with one attached hydrogen (secondary N) is 1. The summed E-state index contributed by atoms with van der Waals surface area (Å²) in [6, 6.07) is 13.2. The van der Waals surface area contributed by atoms with Gasteiger partial charge in [0.2, 0.25) is 15.9 Å². The molecule has 1 amide bonds. The van der Waals surface area contributed by atoms with Gasteiger partial charge in [0, 0.05) is 25.6 Å². The molecule has 5 rings (SSSR count). The maximum atomic E-state index is 13.3. The highest BCUT2D eigenvalue weighted by molar-refractivity contribution is 7.89.